The first kappa shape index (κ1) is 21.2. The van der Waals surface area contributed by atoms with Crippen molar-refractivity contribution < 1.29 is 27.4 Å². The van der Waals surface area contributed by atoms with E-state index < -0.39 is 21.9 Å². The number of rotatable bonds is 8. The van der Waals surface area contributed by atoms with E-state index in [1.54, 1.807) is 0 Å². The van der Waals surface area contributed by atoms with Crippen molar-refractivity contribution >= 4 is 15.9 Å². The lowest BCUT2D eigenvalue weighted by Gasteiger charge is -2.37. The van der Waals surface area contributed by atoms with Crippen LogP contribution in [0, 0.1) is 11.7 Å². The van der Waals surface area contributed by atoms with E-state index in [0.717, 1.165) is 31.4 Å². The van der Waals surface area contributed by atoms with Crippen LogP contribution in [0.15, 0.2) is 29.2 Å². The molecule has 156 valence electrons. The number of ether oxygens (including phenoxy) is 1. The van der Waals surface area contributed by atoms with Crippen LogP contribution in [0.2, 0.25) is 0 Å². The van der Waals surface area contributed by atoms with Crippen LogP contribution in [0.1, 0.15) is 38.5 Å². The Balaban J connectivity index is 1.45. The molecule has 1 aromatic carbocycles. The van der Waals surface area contributed by atoms with Crippen LogP contribution in [0.3, 0.4) is 0 Å². The van der Waals surface area contributed by atoms with Crippen LogP contribution < -0.4 is 10.0 Å². The van der Waals surface area contributed by atoms with Gasteiger partial charge >= 0.3 is 0 Å². The number of sulfonamides is 1. The lowest BCUT2D eigenvalue weighted by atomic mass is 9.84. The molecule has 0 aromatic heterocycles. The first-order valence-electron chi connectivity index (χ1n) is 9.71. The molecular weight excluding hydrogens is 387 g/mol. The fourth-order valence-electron chi connectivity index (χ4n) is 3.53. The molecule has 7 nitrogen and oxygen atoms in total. The zero-order chi connectivity index (χ0) is 20.1. The standard InChI is InChI=1S/C19H27FN2O5S/c20-14-4-7-16(8-5-14)28(25,26)21-11-10-15-6-9-17(18(12-23)27-15)22-19(24)13-2-1-3-13/h4-5,7-8,13,15,17-18,21,23H,1-3,6,9-12H2,(H,22,24)/t15-,17-,18+/m0/s1. The van der Waals surface area contributed by atoms with Crippen molar-refractivity contribution in [1.29, 1.82) is 0 Å². The van der Waals surface area contributed by atoms with Crippen LogP contribution in [0.4, 0.5) is 4.39 Å². The number of nitrogens with one attached hydrogen (secondary N) is 2. The zero-order valence-electron chi connectivity index (χ0n) is 15.6. The van der Waals surface area contributed by atoms with E-state index in [1.807, 2.05) is 0 Å². The summed E-state index contributed by atoms with van der Waals surface area (Å²) in [5, 5.41) is 12.6. The fraction of sp³-hybridized carbons (Fsp3) is 0.632. The van der Waals surface area contributed by atoms with E-state index in [2.05, 4.69) is 10.0 Å². The van der Waals surface area contributed by atoms with Gasteiger partial charge in [0.25, 0.3) is 0 Å². The van der Waals surface area contributed by atoms with Crippen molar-refractivity contribution in [2.24, 2.45) is 5.92 Å². The number of carbonyl (C=O) groups excluding carboxylic acids is 1. The molecule has 0 radical (unpaired) electrons. The van der Waals surface area contributed by atoms with Gasteiger partial charge in [0.2, 0.25) is 15.9 Å². The molecule has 1 aliphatic heterocycles. The first-order chi connectivity index (χ1) is 13.4. The molecular formula is C19H27FN2O5S. The van der Waals surface area contributed by atoms with E-state index in [9.17, 15) is 22.7 Å². The average Bonchev–Trinajstić information content (AvgIpc) is 2.61. The Hall–Kier alpha value is -1.55. The Labute approximate surface area is 164 Å². The van der Waals surface area contributed by atoms with Gasteiger partial charge in [0, 0.05) is 12.5 Å². The highest BCUT2D eigenvalue weighted by molar-refractivity contribution is 7.89. The highest BCUT2D eigenvalue weighted by Gasteiger charge is 2.34. The van der Waals surface area contributed by atoms with Crippen molar-refractivity contribution in [3.63, 3.8) is 0 Å². The fourth-order valence-corrected chi connectivity index (χ4v) is 4.58. The monoisotopic (exact) mass is 414 g/mol. The lowest BCUT2D eigenvalue weighted by molar-refractivity contribution is -0.134. The van der Waals surface area contributed by atoms with E-state index in [-0.39, 0.29) is 42.0 Å². The Kier molecular flexibility index (Phi) is 7.03. The Morgan fingerprint density at radius 3 is 2.50 bits per heavy atom. The molecule has 3 N–H and O–H groups in total. The van der Waals surface area contributed by atoms with Crippen LogP contribution in [0.25, 0.3) is 0 Å². The summed E-state index contributed by atoms with van der Waals surface area (Å²) in [6, 6.07) is 4.41. The minimum atomic E-state index is -3.71. The first-order valence-corrected chi connectivity index (χ1v) is 11.2. The zero-order valence-corrected chi connectivity index (χ0v) is 16.5. The van der Waals surface area contributed by atoms with Crippen LogP contribution in [-0.4, -0.2) is 50.8 Å². The number of carbonyl (C=O) groups is 1. The number of hydrogen-bond donors (Lipinski definition) is 3. The molecule has 1 saturated carbocycles. The summed E-state index contributed by atoms with van der Waals surface area (Å²) >= 11 is 0. The summed E-state index contributed by atoms with van der Waals surface area (Å²) in [4.78, 5) is 12.1. The maximum absolute atomic E-state index is 12.9. The Bertz CT molecular complexity index is 767. The molecule has 0 spiro atoms. The lowest BCUT2D eigenvalue weighted by Crippen LogP contribution is -2.53. The molecule has 1 heterocycles. The number of halogens is 1. The second kappa shape index (κ2) is 9.30. The molecule has 9 heteroatoms. The van der Waals surface area contributed by atoms with Crippen molar-refractivity contribution in [1.82, 2.24) is 10.0 Å². The molecule has 2 aliphatic rings. The summed E-state index contributed by atoms with van der Waals surface area (Å²) in [5.74, 6) is -0.384. The van der Waals surface area contributed by atoms with Gasteiger partial charge in [-0.2, -0.15) is 0 Å². The molecule has 1 aromatic rings. The summed E-state index contributed by atoms with van der Waals surface area (Å²) in [5.41, 5.74) is 0. The normalized spacial score (nSPS) is 25.9. The quantitative estimate of drug-likeness (QED) is 0.595. The maximum atomic E-state index is 12.9. The van der Waals surface area contributed by atoms with Crippen molar-refractivity contribution in [3.8, 4) is 0 Å². The number of benzene rings is 1. The number of amides is 1. The second-order valence-electron chi connectivity index (χ2n) is 7.44. The van der Waals surface area contributed by atoms with Crippen LogP contribution in [-0.2, 0) is 19.6 Å². The van der Waals surface area contributed by atoms with Gasteiger partial charge in [-0.1, -0.05) is 6.42 Å². The van der Waals surface area contributed by atoms with E-state index in [4.69, 9.17) is 4.74 Å². The predicted octanol–water partition coefficient (Wildman–Crippen LogP) is 1.32. The van der Waals surface area contributed by atoms with E-state index in [0.29, 0.717) is 19.3 Å². The highest BCUT2D eigenvalue weighted by Crippen LogP contribution is 2.28. The number of aliphatic hydroxyl groups excluding tert-OH is 1. The third kappa shape index (κ3) is 5.28. The van der Waals surface area contributed by atoms with Crippen molar-refractivity contribution in [3.05, 3.63) is 30.1 Å². The Morgan fingerprint density at radius 2 is 1.89 bits per heavy atom. The third-order valence-electron chi connectivity index (χ3n) is 5.48. The van der Waals surface area contributed by atoms with E-state index >= 15 is 0 Å². The Morgan fingerprint density at radius 1 is 1.18 bits per heavy atom. The van der Waals surface area contributed by atoms with Crippen LogP contribution >= 0.6 is 0 Å². The second-order valence-corrected chi connectivity index (χ2v) is 9.21. The molecule has 0 bridgehead atoms. The summed E-state index contributed by atoms with van der Waals surface area (Å²) < 4.78 is 45.7. The van der Waals surface area contributed by atoms with Gasteiger partial charge in [-0.05, 0) is 56.4 Å². The maximum Gasteiger partial charge on any atom is 0.240 e. The molecule has 1 amide bonds. The number of aliphatic hydroxyl groups is 1. The van der Waals surface area contributed by atoms with Gasteiger partial charge in [0.15, 0.2) is 0 Å². The summed E-state index contributed by atoms with van der Waals surface area (Å²) in [7, 11) is -3.71. The van der Waals surface area contributed by atoms with Gasteiger partial charge in [0.05, 0.1) is 23.6 Å². The van der Waals surface area contributed by atoms with Gasteiger partial charge in [-0.15, -0.1) is 0 Å². The molecule has 2 fully saturated rings. The predicted molar refractivity (Wildman–Crippen MR) is 100 cm³/mol. The highest BCUT2D eigenvalue weighted by atomic mass is 32.2. The number of hydrogen-bond acceptors (Lipinski definition) is 5. The third-order valence-corrected chi connectivity index (χ3v) is 6.96. The van der Waals surface area contributed by atoms with Gasteiger partial charge in [-0.25, -0.2) is 17.5 Å². The summed E-state index contributed by atoms with van der Waals surface area (Å²) in [6.45, 7) is -0.0327. The van der Waals surface area contributed by atoms with Crippen molar-refractivity contribution in [2.45, 2.75) is 61.7 Å². The smallest absolute Gasteiger partial charge is 0.240 e. The minimum Gasteiger partial charge on any atom is -0.394 e. The molecule has 0 unspecified atom stereocenters. The molecule has 3 atom stereocenters. The van der Waals surface area contributed by atoms with Gasteiger partial charge in [-0.3, -0.25) is 4.79 Å². The average molecular weight is 414 g/mol. The van der Waals surface area contributed by atoms with Gasteiger partial charge in [0.1, 0.15) is 11.9 Å². The largest absolute Gasteiger partial charge is 0.394 e. The molecule has 28 heavy (non-hydrogen) atoms. The summed E-state index contributed by atoms with van der Waals surface area (Å²) in [6.07, 6.45) is 4.02. The molecule has 1 saturated heterocycles. The minimum absolute atomic E-state index is 0.00506. The molecule has 3 rings (SSSR count). The SMILES string of the molecule is O=C(N[C@H]1CC[C@@H](CCNS(=O)(=O)c2ccc(F)cc2)O[C@@H]1CO)C1CCC1. The topological polar surface area (TPSA) is 105 Å². The van der Waals surface area contributed by atoms with Crippen molar-refractivity contribution in [2.75, 3.05) is 13.2 Å². The van der Waals surface area contributed by atoms with Gasteiger partial charge < -0.3 is 15.2 Å². The van der Waals surface area contributed by atoms with Crippen LogP contribution in [0.5, 0.6) is 0 Å². The molecule has 1 aliphatic carbocycles. The van der Waals surface area contributed by atoms with E-state index in [1.165, 1.54) is 12.1 Å².